The second-order valence-corrected chi connectivity index (χ2v) is 3.60. The molecule has 0 saturated heterocycles. The van der Waals surface area contributed by atoms with Gasteiger partial charge in [0.25, 0.3) is 0 Å². The standard InChI is InChI=1S/C12H8ClNO3/c13-9-5-1-2-6-10(9)17-11-8(12(15)16)4-3-7-14-11/h1-7H,(H,15,16). The molecule has 0 atom stereocenters. The van der Waals surface area contributed by atoms with Crippen molar-refractivity contribution < 1.29 is 14.6 Å². The monoisotopic (exact) mass is 249 g/mol. The minimum Gasteiger partial charge on any atom is -0.477 e. The van der Waals surface area contributed by atoms with E-state index in [0.29, 0.717) is 10.8 Å². The van der Waals surface area contributed by atoms with E-state index in [9.17, 15) is 4.79 Å². The third-order valence-electron chi connectivity index (χ3n) is 2.04. The van der Waals surface area contributed by atoms with Gasteiger partial charge in [-0.1, -0.05) is 23.7 Å². The molecule has 0 aliphatic heterocycles. The molecule has 17 heavy (non-hydrogen) atoms. The largest absolute Gasteiger partial charge is 0.477 e. The highest BCUT2D eigenvalue weighted by Gasteiger charge is 2.13. The van der Waals surface area contributed by atoms with Gasteiger partial charge in [-0.15, -0.1) is 0 Å². The highest BCUT2D eigenvalue weighted by Crippen LogP contribution is 2.29. The van der Waals surface area contributed by atoms with Gasteiger partial charge in [-0.2, -0.15) is 0 Å². The lowest BCUT2D eigenvalue weighted by atomic mass is 10.3. The maximum atomic E-state index is 10.9. The number of nitrogens with zero attached hydrogens (tertiary/aromatic N) is 1. The zero-order valence-corrected chi connectivity index (χ0v) is 9.39. The second kappa shape index (κ2) is 4.84. The molecule has 4 nitrogen and oxygen atoms in total. The third kappa shape index (κ3) is 2.54. The lowest BCUT2D eigenvalue weighted by Gasteiger charge is -2.08. The van der Waals surface area contributed by atoms with Crippen molar-refractivity contribution >= 4 is 17.6 Å². The van der Waals surface area contributed by atoms with Crippen molar-refractivity contribution in [2.75, 3.05) is 0 Å². The molecule has 0 radical (unpaired) electrons. The van der Waals surface area contributed by atoms with E-state index < -0.39 is 5.97 Å². The van der Waals surface area contributed by atoms with Crippen LogP contribution in [0, 0.1) is 0 Å². The number of benzene rings is 1. The van der Waals surface area contributed by atoms with Crippen LogP contribution in [0.15, 0.2) is 42.6 Å². The molecule has 1 aromatic carbocycles. The maximum absolute atomic E-state index is 10.9. The summed E-state index contributed by atoms with van der Waals surface area (Å²) in [4.78, 5) is 14.8. The molecule has 0 spiro atoms. The fourth-order valence-electron chi connectivity index (χ4n) is 1.27. The number of halogens is 1. The van der Waals surface area contributed by atoms with Crippen molar-refractivity contribution in [3.63, 3.8) is 0 Å². The van der Waals surface area contributed by atoms with E-state index in [0.717, 1.165) is 0 Å². The first-order chi connectivity index (χ1) is 8.18. The zero-order chi connectivity index (χ0) is 12.3. The number of pyridine rings is 1. The molecule has 0 aliphatic carbocycles. The second-order valence-electron chi connectivity index (χ2n) is 3.19. The number of ether oxygens (including phenoxy) is 1. The van der Waals surface area contributed by atoms with Crippen LogP contribution in [-0.4, -0.2) is 16.1 Å². The molecule has 1 heterocycles. The molecule has 2 rings (SSSR count). The van der Waals surface area contributed by atoms with E-state index in [1.807, 2.05) is 0 Å². The predicted octanol–water partition coefficient (Wildman–Crippen LogP) is 3.23. The first-order valence-corrected chi connectivity index (χ1v) is 5.17. The smallest absolute Gasteiger partial charge is 0.341 e. The average molecular weight is 250 g/mol. The van der Waals surface area contributed by atoms with Crippen LogP contribution in [0.4, 0.5) is 0 Å². The number of carboxylic acid groups (broad SMARTS) is 1. The lowest BCUT2D eigenvalue weighted by molar-refractivity contribution is 0.0693. The molecule has 0 amide bonds. The predicted molar refractivity (Wildman–Crippen MR) is 62.7 cm³/mol. The number of hydrogen-bond acceptors (Lipinski definition) is 3. The number of hydrogen-bond donors (Lipinski definition) is 1. The van der Waals surface area contributed by atoms with Crippen molar-refractivity contribution in [3.8, 4) is 11.6 Å². The molecule has 2 aromatic rings. The number of carboxylic acids is 1. The molecule has 0 saturated carbocycles. The fraction of sp³-hybridized carbons (Fsp3) is 0. The van der Waals surface area contributed by atoms with Crippen LogP contribution in [-0.2, 0) is 0 Å². The van der Waals surface area contributed by atoms with Crippen LogP contribution in [0.2, 0.25) is 5.02 Å². The van der Waals surface area contributed by atoms with E-state index in [2.05, 4.69) is 4.98 Å². The third-order valence-corrected chi connectivity index (χ3v) is 2.36. The Labute approximate surface area is 102 Å². The van der Waals surface area contributed by atoms with Gasteiger partial charge in [0, 0.05) is 6.20 Å². The molecule has 1 aromatic heterocycles. The van der Waals surface area contributed by atoms with Gasteiger partial charge in [-0.05, 0) is 24.3 Å². The lowest BCUT2D eigenvalue weighted by Crippen LogP contribution is -2.01. The van der Waals surface area contributed by atoms with Gasteiger partial charge < -0.3 is 9.84 Å². The van der Waals surface area contributed by atoms with Gasteiger partial charge in [0.15, 0.2) is 0 Å². The van der Waals surface area contributed by atoms with Gasteiger partial charge in [-0.3, -0.25) is 0 Å². The molecule has 1 N–H and O–H groups in total. The van der Waals surface area contributed by atoms with Crippen LogP contribution in [0.5, 0.6) is 11.6 Å². The summed E-state index contributed by atoms with van der Waals surface area (Å²) in [5.41, 5.74) is -0.00702. The number of aromatic nitrogens is 1. The zero-order valence-electron chi connectivity index (χ0n) is 8.63. The summed E-state index contributed by atoms with van der Waals surface area (Å²) in [7, 11) is 0. The van der Waals surface area contributed by atoms with Crippen LogP contribution < -0.4 is 4.74 Å². The quantitative estimate of drug-likeness (QED) is 0.907. The Balaban J connectivity index is 2.37. The van der Waals surface area contributed by atoms with Gasteiger partial charge in [-0.25, -0.2) is 9.78 Å². The summed E-state index contributed by atoms with van der Waals surface area (Å²) < 4.78 is 5.38. The van der Waals surface area contributed by atoms with E-state index in [-0.39, 0.29) is 11.4 Å². The summed E-state index contributed by atoms with van der Waals surface area (Å²) >= 11 is 5.91. The Morgan fingerprint density at radius 1 is 1.24 bits per heavy atom. The fourth-order valence-corrected chi connectivity index (χ4v) is 1.44. The minimum atomic E-state index is -1.10. The van der Waals surface area contributed by atoms with Crippen molar-refractivity contribution in [2.45, 2.75) is 0 Å². The van der Waals surface area contributed by atoms with E-state index in [1.165, 1.54) is 18.3 Å². The van der Waals surface area contributed by atoms with Crippen LogP contribution >= 0.6 is 11.6 Å². The Hall–Kier alpha value is -2.07. The van der Waals surface area contributed by atoms with Crippen LogP contribution in [0.1, 0.15) is 10.4 Å². The van der Waals surface area contributed by atoms with Crippen LogP contribution in [0.25, 0.3) is 0 Å². The first kappa shape index (κ1) is 11.4. The summed E-state index contributed by atoms with van der Waals surface area (Å²) in [6, 6.07) is 9.74. The van der Waals surface area contributed by atoms with E-state index in [4.69, 9.17) is 21.4 Å². The van der Waals surface area contributed by atoms with E-state index >= 15 is 0 Å². The molecule has 0 fully saturated rings. The van der Waals surface area contributed by atoms with Gasteiger partial charge >= 0.3 is 5.97 Å². The number of carbonyl (C=O) groups is 1. The van der Waals surface area contributed by atoms with Crippen molar-refractivity contribution in [1.29, 1.82) is 0 Å². The minimum absolute atomic E-state index is 0.00702. The van der Waals surface area contributed by atoms with Gasteiger partial charge in [0.2, 0.25) is 5.88 Å². The molecule has 5 heteroatoms. The normalized spacial score (nSPS) is 9.94. The number of para-hydroxylation sites is 1. The van der Waals surface area contributed by atoms with Crippen molar-refractivity contribution in [1.82, 2.24) is 4.98 Å². The summed E-state index contributed by atoms with van der Waals surface area (Å²) in [5, 5.41) is 9.36. The molecular weight excluding hydrogens is 242 g/mol. The summed E-state index contributed by atoms with van der Waals surface area (Å²) in [6.45, 7) is 0. The Kier molecular flexibility index (Phi) is 3.25. The summed E-state index contributed by atoms with van der Waals surface area (Å²) in [6.07, 6.45) is 1.46. The van der Waals surface area contributed by atoms with Gasteiger partial charge in [0.05, 0.1) is 5.02 Å². The molecule has 86 valence electrons. The molecule has 0 bridgehead atoms. The van der Waals surface area contributed by atoms with Gasteiger partial charge in [0.1, 0.15) is 11.3 Å². The summed E-state index contributed by atoms with van der Waals surface area (Å²) in [5.74, 6) is -0.705. The maximum Gasteiger partial charge on any atom is 0.341 e. The van der Waals surface area contributed by atoms with E-state index in [1.54, 1.807) is 24.3 Å². The SMILES string of the molecule is O=C(O)c1cccnc1Oc1ccccc1Cl. The van der Waals surface area contributed by atoms with Crippen molar-refractivity contribution in [3.05, 3.63) is 53.2 Å². The van der Waals surface area contributed by atoms with Crippen LogP contribution in [0.3, 0.4) is 0 Å². The molecule has 0 aliphatic rings. The Morgan fingerprint density at radius 2 is 2.00 bits per heavy atom. The topological polar surface area (TPSA) is 59.4 Å². The van der Waals surface area contributed by atoms with Crippen molar-refractivity contribution in [2.24, 2.45) is 0 Å². The molecule has 0 unspecified atom stereocenters. The number of aromatic carboxylic acids is 1. The highest BCUT2D eigenvalue weighted by atomic mass is 35.5. The Bertz CT molecular complexity index is 557. The average Bonchev–Trinajstić information content (AvgIpc) is 2.32. The number of rotatable bonds is 3. The molecular formula is C12H8ClNO3. The Morgan fingerprint density at radius 3 is 2.71 bits per heavy atom. The first-order valence-electron chi connectivity index (χ1n) is 4.79. The highest BCUT2D eigenvalue weighted by molar-refractivity contribution is 6.32.